The summed E-state index contributed by atoms with van der Waals surface area (Å²) >= 11 is 0. The molecule has 0 spiro atoms. The van der Waals surface area contributed by atoms with Crippen LogP contribution in [0.25, 0.3) is 0 Å². The maximum atomic E-state index is 11.8. The molecule has 6 heteroatoms. The van der Waals surface area contributed by atoms with Gasteiger partial charge >= 0.3 is 5.97 Å². The van der Waals surface area contributed by atoms with Gasteiger partial charge in [0, 0.05) is 12.1 Å². The monoisotopic (exact) mass is 278 g/mol. The first kappa shape index (κ1) is 15.7. The lowest BCUT2D eigenvalue weighted by Gasteiger charge is -2.07. The number of hydrogen-bond acceptors (Lipinski definition) is 3. The van der Waals surface area contributed by atoms with Crippen LogP contribution in [0.15, 0.2) is 18.2 Å². The minimum Gasteiger partial charge on any atom is -0.481 e. The Morgan fingerprint density at radius 2 is 1.80 bits per heavy atom. The van der Waals surface area contributed by atoms with Crippen LogP contribution in [0.2, 0.25) is 0 Å². The molecule has 0 aliphatic heterocycles. The topological polar surface area (TPSA) is 95.5 Å². The zero-order chi connectivity index (χ0) is 15.1. The zero-order valence-electron chi connectivity index (χ0n) is 11.5. The highest BCUT2D eigenvalue weighted by Gasteiger charge is 2.09. The fraction of sp³-hybridized carbons (Fsp3) is 0.357. The van der Waals surface area contributed by atoms with E-state index >= 15 is 0 Å². The van der Waals surface area contributed by atoms with Crippen LogP contribution in [0.4, 0.5) is 0 Å². The van der Waals surface area contributed by atoms with Gasteiger partial charge in [0.1, 0.15) is 0 Å². The van der Waals surface area contributed by atoms with Crippen molar-refractivity contribution in [2.75, 3.05) is 13.1 Å². The van der Waals surface area contributed by atoms with Crippen molar-refractivity contribution in [3.63, 3.8) is 0 Å². The number of carbonyl (C=O) groups excluding carboxylic acids is 2. The van der Waals surface area contributed by atoms with Crippen LogP contribution in [-0.2, 0) is 9.59 Å². The third kappa shape index (κ3) is 5.09. The van der Waals surface area contributed by atoms with E-state index in [1.807, 2.05) is 19.9 Å². The van der Waals surface area contributed by atoms with Gasteiger partial charge in [0.05, 0.1) is 13.0 Å². The van der Waals surface area contributed by atoms with Crippen molar-refractivity contribution in [3.05, 3.63) is 34.9 Å². The summed E-state index contributed by atoms with van der Waals surface area (Å²) in [4.78, 5) is 33.4. The van der Waals surface area contributed by atoms with Crippen LogP contribution >= 0.6 is 0 Å². The normalized spacial score (nSPS) is 9.90. The minimum absolute atomic E-state index is 0.0493. The molecule has 6 nitrogen and oxygen atoms in total. The van der Waals surface area contributed by atoms with Gasteiger partial charge in [0.2, 0.25) is 5.91 Å². The standard InChI is InChI=1S/C14H18N2O4/c1-9-3-4-11(7-10(9)2)14(20)16-8-12(17)15-6-5-13(18)19/h3-4,7H,5-6,8H2,1-2H3,(H,15,17)(H,16,20)(H,18,19). The predicted molar refractivity (Wildman–Crippen MR) is 73.5 cm³/mol. The number of amides is 2. The number of benzene rings is 1. The van der Waals surface area contributed by atoms with Crippen molar-refractivity contribution in [1.82, 2.24) is 10.6 Å². The molecule has 2 amide bonds. The van der Waals surface area contributed by atoms with Gasteiger partial charge in [-0.3, -0.25) is 14.4 Å². The summed E-state index contributed by atoms with van der Waals surface area (Å²) in [6, 6.07) is 5.30. The Balaban J connectivity index is 2.41. The van der Waals surface area contributed by atoms with E-state index in [2.05, 4.69) is 10.6 Å². The molecular formula is C14H18N2O4. The second-order valence-electron chi connectivity index (χ2n) is 4.48. The maximum Gasteiger partial charge on any atom is 0.305 e. The van der Waals surface area contributed by atoms with Gasteiger partial charge in [-0.15, -0.1) is 0 Å². The molecule has 3 N–H and O–H groups in total. The lowest BCUT2D eigenvalue weighted by atomic mass is 10.1. The number of aliphatic carboxylic acids is 1. The highest BCUT2D eigenvalue weighted by molar-refractivity contribution is 5.96. The molecule has 0 saturated carbocycles. The number of carboxylic acids is 1. The number of carbonyl (C=O) groups is 3. The Morgan fingerprint density at radius 1 is 1.10 bits per heavy atom. The highest BCUT2D eigenvalue weighted by atomic mass is 16.4. The van der Waals surface area contributed by atoms with Crippen LogP contribution in [-0.4, -0.2) is 36.0 Å². The first-order chi connectivity index (χ1) is 9.40. The molecule has 1 rings (SSSR count). The van der Waals surface area contributed by atoms with Gasteiger partial charge in [-0.1, -0.05) is 6.07 Å². The number of hydrogen-bond donors (Lipinski definition) is 3. The van der Waals surface area contributed by atoms with Gasteiger partial charge in [-0.25, -0.2) is 0 Å². The largest absolute Gasteiger partial charge is 0.481 e. The summed E-state index contributed by atoms with van der Waals surface area (Å²) in [5.74, 6) is -1.73. The van der Waals surface area contributed by atoms with Gasteiger partial charge in [-0.2, -0.15) is 0 Å². The Bertz CT molecular complexity index is 526. The first-order valence-corrected chi connectivity index (χ1v) is 6.24. The highest BCUT2D eigenvalue weighted by Crippen LogP contribution is 2.09. The number of carboxylic acid groups (broad SMARTS) is 1. The Labute approximate surface area is 117 Å². The summed E-state index contributed by atoms with van der Waals surface area (Å²) in [5.41, 5.74) is 2.59. The third-order valence-corrected chi connectivity index (χ3v) is 2.84. The van der Waals surface area contributed by atoms with Crippen molar-refractivity contribution in [2.24, 2.45) is 0 Å². The van der Waals surface area contributed by atoms with Crippen LogP contribution in [0.5, 0.6) is 0 Å². The molecule has 1 aromatic rings. The lowest BCUT2D eigenvalue weighted by molar-refractivity contribution is -0.136. The SMILES string of the molecule is Cc1ccc(C(=O)NCC(=O)NCCC(=O)O)cc1C. The van der Waals surface area contributed by atoms with E-state index in [1.54, 1.807) is 12.1 Å². The first-order valence-electron chi connectivity index (χ1n) is 6.24. The average Bonchev–Trinajstić information content (AvgIpc) is 2.38. The van der Waals surface area contributed by atoms with E-state index < -0.39 is 11.9 Å². The molecule has 0 aromatic heterocycles. The fourth-order valence-corrected chi connectivity index (χ4v) is 1.52. The molecule has 0 unspecified atom stereocenters. The Kier molecular flexibility index (Phi) is 5.71. The third-order valence-electron chi connectivity index (χ3n) is 2.84. The number of aryl methyl sites for hydroxylation is 2. The molecule has 0 bridgehead atoms. The maximum absolute atomic E-state index is 11.8. The Hall–Kier alpha value is -2.37. The van der Waals surface area contributed by atoms with Crippen molar-refractivity contribution < 1.29 is 19.5 Å². The molecule has 0 fully saturated rings. The number of nitrogens with one attached hydrogen (secondary N) is 2. The van der Waals surface area contributed by atoms with Crippen molar-refractivity contribution in [1.29, 1.82) is 0 Å². The molecule has 0 atom stereocenters. The van der Waals surface area contributed by atoms with Crippen molar-refractivity contribution in [3.8, 4) is 0 Å². The van der Waals surface area contributed by atoms with E-state index in [0.717, 1.165) is 11.1 Å². The van der Waals surface area contributed by atoms with Gasteiger partial charge in [-0.05, 0) is 37.1 Å². The molecule has 0 aliphatic carbocycles. The molecule has 0 saturated heterocycles. The quantitative estimate of drug-likeness (QED) is 0.711. The molecule has 1 aromatic carbocycles. The second kappa shape index (κ2) is 7.28. The molecule has 0 heterocycles. The Morgan fingerprint density at radius 3 is 2.40 bits per heavy atom. The van der Waals surface area contributed by atoms with Crippen molar-refractivity contribution >= 4 is 17.8 Å². The predicted octanol–water partition coefficient (Wildman–Crippen LogP) is 0.624. The number of rotatable bonds is 6. The van der Waals surface area contributed by atoms with E-state index in [0.29, 0.717) is 5.56 Å². The van der Waals surface area contributed by atoms with Crippen LogP contribution in [0.1, 0.15) is 27.9 Å². The summed E-state index contributed by atoms with van der Waals surface area (Å²) in [5, 5.41) is 13.3. The van der Waals surface area contributed by atoms with Gasteiger partial charge < -0.3 is 15.7 Å². The summed E-state index contributed by atoms with van der Waals surface area (Å²) in [6.45, 7) is 3.73. The molecule has 20 heavy (non-hydrogen) atoms. The average molecular weight is 278 g/mol. The molecule has 0 aliphatic rings. The lowest BCUT2D eigenvalue weighted by Crippen LogP contribution is -2.37. The summed E-state index contributed by atoms with van der Waals surface area (Å²) in [7, 11) is 0. The van der Waals surface area contributed by atoms with Gasteiger partial charge in [0.25, 0.3) is 5.91 Å². The smallest absolute Gasteiger partial charge is 0.305 e. The van der Waals surface area contributed by atoms with E-state index in [9.17, 15) is 14.4 Å². The fourth-order valence-electron chi connectivity index (χ4n) is 1.52. The van der Waals surface area contributed by atoms with E-state index in [1.165, 1.54) is 0 Å². The van der Waals surface area contributed by atoms with E-state index in [4.69, 9.17) is 5.11 Å². The van der Waals surface area contributed by atoms with Crippen molar-refractivity contribution in [2.45, 2.75) is 20.3 Å². The second-order valence-corrected chi connectivity index (χ2v) is 4.48. The molecule has 108 valence electrons. The molecule has 0 radical (unpaired) electrons. The van der Waals surface area contributed by atoms with Crippen LogP contribution in [0, 0.1) is 13.8 Å². The van der Waals surface area contributed by atoms with E-state index in [-0.39, 0.29) is 25.4 Å². The van der Waals surface area contributed by atoms with Crippen LogP contribution in [0.3, 0.4) is 0 Å². The van der Waals surface area contributed by atoms with Crippen LogP contribution < -0.4 is 10.6 Å². The summed E-state index contributed by atoms with van der Waals surface area (Å²) in [6.07, 6.45) is -0.142. The molecular weight excluding hydrogens is 260 g/mol. The zero-order valence-corrected chi connectivity index (χ0v) is 11.5. The van der Waals surface area contributed by atoms with Gasteiger partial charge in [0.15, 0.2) is 0 Å². The minimum atomic E-state index is -0.982. The summed E-state index contributed by atoms with van der Waals surface area (Å²) < 4.78 is 0.